The van der Waals surface area contributed by atoms with Crippen LogP contribution in [-0.4, -0.2) is 26.1 Å². The Bertz CT molecular complexity index is 848. The number of nitrogens with one attached hydrogen (secondary N) is 1. The van der Waals surface area contributed by atoms with Crippen molar-refractivity contribution in [1.29, 1.82) is 0 Å². The van der Waals surface area contributed by atoms with Crippen LogP contribution in [0.15, 0.2) is 52.2 Å². The molecule has 1 aromatic heterocycles. The number of carbonyl (C=O) groups excluding carboxylic acids is 1. The van der Waals surface area contributed by atoms with Crippen LogP contribution in [0, 0.1) is 3.57 Å². The molecule has 2 aromatic rings. The van der Waals surface area contributed by atoms with Gasteiger partial charge >= 0.3 is 152 Å². The molecule has 0 unspecified atom stereocenters. The molecule has 25 heavy (non-hydrogen) atoms. The normalized spacial score (nSPS) is 20.8. The van der Waals surface area contributed by atoms with E-state index in [1.807, 2.05) is 30.3 Å². The second kappa shape index (κ2) is 7.96. The van der Waals surface area contributed by atoms with E-state index in [4.69, 9.17) is 7.80 Å². The zero-order chi connectivity index (χ0) is 17.8. The number of benzene rings is 1. The van der Waals surface area contributed by atoms with E-state index in [2.05, 4.69) is 4.98 Å². The monoisotopic (exact) mass is 458 g/mol. The molecule has 8 heteroatoms. The molecule has 2 atom stereocenters. The van der Waals surface area contributed by atoms with Crippen molar-refractivity contribution in [2.45, 2.75) is 29.9 Å². The molecular weight excluding hydrogens is 439 g/mol. The molecule has 1 aliphatic rings. The Kier molecular flexibility index (Phi) is 5.69. The molecule has 3 rings (SSSR count). The fourth-order valence-electron chi connectivity index (χ4n) is 2.73. The van der Waals surface area contributed by atoms with Crippen LogP contribution in [0.2, 0.25) is 0 Å². The molecule has 7 nitrogen and oxygen atoms in total. The number of aromatic nitrogens is 2. The molecule has 1 saturated heterocycles. The third-order valence-corrected chi connectivity index (χ3v) is 9.47. The minimum absolute atomic E-state index is 0.0900. The van der Waals surface area contributed by atoms with Crippen molar-refractivity contribution in [3.8, 4) is 0 Å². The molecule has 134 valence electrons. The maximum atomic E-state index is 12.2. The summed E-state index contributed by atoms with van der Waals surface area (Å²) in [5.41, 5.74) is -0.969. The number of H-pyrrole nitrogens is 1. The molecule has 1 fully saturated rings. The summed E-state index contributed by atoms with van der Waals surface area (Å²) in [5, 5.41) is 0. The number of carbonyl (C=O) groups is 1. The third kappa shape index (κ3) is 4.18. The van der Waals surface area contributed by atoms with E-state index in [-0.39, 0.29) is 9.89 Å². The van der Waals surface area contributed by atoms with E-state index < -0.39 is 37.7 Å². The number of halogens is 1. The van der Waals surface area contributed by atoms with E-state index in [1.54, 1.807) is 0 Å². The molecule has 0 bridgehead atoms. The summed E-state index contributed by atoms with van der Waals surface area (Å²) in [6.45, 7) is 1.92. The quantitative estimate of drug-likeness (QED) is 0.560. The Labute approximate surface area is 151 Å². The third-order valence-electron chi connectivity index (χ3n) is 3.74. The van der Waals surface area contributed by atoms with Gasteiger partial charge in [0.1, 0.15) is 0 Å². The molecule has 0 spiro atoms. The zero-order valence-corrected chi connectivity index (χ0v) is 15.8. The van der Waals surface area contributed by atoms with Gasteiger partial charge in [-0.15, -0.1) is 0 Å². The molecule has 0 aliphatic carbocycles. The predicted molar refractivity (Wildman–Crippen MR) is 100 cm³/mol. The second-order valence-corrected chi connectivity index (χ2v) is 10.4. The standard InChI is InChI=1S/C17H19IN2O5/c1-12(21)25-18(13-6-3-2-4-7-13)14-8-5-11-24-16(14)20-10-9-15(22)19-17(20)23/h2-4,6-7,9-10,14,16H,5,8,11H2,1H3,(H,19,22,23)/t14-,16-/m1/s1. The molecule has 1 aromatic carbocycles. The maximum absolute atomic E-state index is 12.2. The Morgan fingerprint density at radius 1 is 1.28 bits per heavy atom. The van der Waals surface area contributed by atoms with Gasteiger partial charge in [0.2, 0.25) is 0 Å². The van der Waals surface area contributed by atoms with E-state index in [0.717, 1.165) is 16.4 Å². The summed E-state index contributed by atoms with van der Waals surface area (Å²) in [6.07, 6.45) is 2.52. The van der Waals surface area contributed by atoms with Gasteiger partial charge in [0.05, 0.1) is 0 Å². The Morgan fingerprint density at radius 2 is 2.04 bits per heavy atom. The molecule has 0 saturated carbocycles. The average Bonchev–Trinajstić information content (AvgIpc) is 2.60. The van der Waals surface area contributed by atoms with E-state index in [9.17, 15) is 14.4 Å². The van der Waals surface area contributed by atoms with Crippen molar-refractivity contribution in [3.05, 3.63) is 67.0 Å². The summed E-state index contributed by atoms with van der Waals surface area (Å²) in [4.78, 5) is 37.5. The van der Waals surface area contributed by atoms with Gasteiger partial charge in [-0.1, -0.05) is 0 Å². The summed E-state index contributed by atoms with van der Waals surface area (Å²) >= 11 is -2.43. The van der Waals surface area contributed by atoms with Crippen molar-refractivity contribution < 1.29 is 12.6 Å². The fraction of sp³-hybridized carbons (Fsp3) is 0.353. The summed E-state index contributed by atoms with van der Waals surface area (Å²) in [6, 6.07) is 10.9. The number of alkyl halides is 1. The van der Waals surface area contributed by atoms with Crippen molar-refractivity contribution in [2.24, 2.45) is 0 Å². The Morgan fingerprint density at radius 3 is 2.72 bits per heavy atom. The minimum atomic E-state index is -2.43. The van der Waals surface area contributed by atoms with Crippen LogP contribution in [-0.2, 0) is 12.6 Å². The van der Waals surface area contributed by atoms with Crippen LogP contribution in [0.1, 0.15) is 26.0 Å². The zero-order valence-electron chi connectivity index (χ0n) is 13.7. The first-order valence-electron chi connectivity index (χ1n) is 7.92. The fourth-order valence-corrected chi connectivity index (χ4v) is 8.14. The summed E-state index contributed by atoms with van der Waals surface area (Å²) < 4.78 is 13.9. The first kappa shape index (κ1) is 17.9. The average molecular weight is 458 g/mol. The SMILES string of the molecule is CC(=O)OI(c1ccccc1)[C@@H]1CCCO[C@H]1n1ccc(=O)[nH]c1=O. The van der Waals surface area contributed by atoms with Crippen LogP contribution in [0.4, 0.5) is 0 Å². The van der Waals surface area contributed by atoms with Crippen molar-refractivity contribution >= 4 is 26.2 Å². The first-order valence-corrected chi connectivity index (χ1v) is 11.1. The Balaban J connectivity index is 2.01. The topological polar surface area (TPSA) is 90.4 Å². The van der Waals surface area contributed by atoms with Crippen molar-refractivity contribution in [1.82, 2.24) is 9.55 Å². The number of nitrogens with zero attached hydrogens (tertiary/aromatic N) is 1. The summed E-state index contributed by atoms with van der Waals surface area (Å²) in [5.74, 6) is -0.327. The van der Waals surface area contributed by atoms with Gasteiger partial charge in [0.15, 0.2) is 0 Å². The molecule has 0 amide bonds. The molecular formula is C17H19IN2O5. The Hall–Kier alpha value is -1.94. The van der Waals surface area contributed by atoms with Gasteiger partial charge in [-0.05, 0) is 0 Å². The summed E-state index contributed by atoms with van der Waals surface area (Å²) in [7, 11) is 0. The predicted octanol–water partition coefficient (Wildman–Crippen LogP) is 2.07. The second-order valence-electron chi connectivity index (χ2n) is 5.58. The molecule has 0 radical (unpaired) electrons. The molecule has 1 N–H and O–H groups in total. The number of aromatic amines is 1. The molecule has 2 heterocycles. The number of hydrogen-bond acceptors (Lipinski definition) is 5. The van der Waals surface area contributed by atoms with Crippen LogP contribution in [0.25, 0.3) is 0 Å². The molecule has 1 aliphatic heterocycles. The van der Waals surface area contributed by atoms with Crippen molar-refractivity contribution in [2.75, 3.05) is 6.61 Å². The van der Waals surface area contributed by atoms with E-state index in [0.29, 0.717) is 6.61 Å². The van der Waals surface area contributed by atoms with Gasteiger partial charge in [0, 0.05) is 0 Å². The van der Waals surface area contributed by atoms with Gasteiger partial charge in [-0.25, -0.2) is 0 Å². The van der Waals surface area contributed by atoms with Crippen LogP contribution in [0.3, 0.4) is 0 Å². The van der Waals surface area contributed by atoms with Gasteiger partial charge in [0.25, 0.3) is 0 Å². The van der Waals surface area contributed by atoms with Gasteiger partial charge in [-0.2, -0.15) is 0 Å². The first-order chi connectivity index (χ1) is 12.1. The number of rotatable bonds is 4. The van der Waals surface area contributed by atoms with Crippen LogP contribution < -0.4 is 11.2 Å². The van der Waals surface area contributed by atoms with E-state index >= 15 is 0 Å². The van der Waals surface area contributed by atoms with E-state index in [1.165, 1.54) is 23.8 Å². The number of hydrogen-bond donors (Lipinski definition) is 1. The van der Waals surface area contributed by atoms with Gasteiger partial charge < -0.3 is 0 Å². The van der Waals surface area contributed by atoms with Crippen LogP contribution in [0.5, 0.6) is 0 Å². The number of ether oxygens (including phenoxy) is 1. The van der Waals surface area contributed by atoms with Crippen molar-refractivity contribution in [3.63, 3.8) is 0 Å². The van der Waals surface area contributed by atoms with Gasteiger partial charge in [-0.3, -0.25) is 0 Å². The van der Waals surface area contributed by atoms with Crippen LogP contribution >= 0.6 is 20.2 Å².